The zero-order chi connectivity index (χ0) is 14.2. The topological polar surface area (TPSA) is 66.8 Å². The van der Waals surface area contributed by atoms with Gasteiger partial charge in [0.15, 0.2) is 23.5 Å². The molecule has 1 fully saturated rings. The summed E-state index contributed by atoms with van der Waals surface area (Å²) in [6, 6.07) is 1.31. The van der Waals surface area contributed by atoms with Gasteiger partial charge in [0.25, 0.3) is 5.91 Å². The van der Waals surface area contributed by atoms with E-state index in [-0.39, 0.29) is 5.91 Å². The Morgan fingerprint density at radius 1 is 1.42 bits per heavy atom. The van der Waals surface area contributed by atoms with Crippen molar-refractivity contribution in [3.8, 4) is 5.75 Å². The smallest absolute Gasteiger partial charge is 0.335 e. The number of benzene rings is 1. The van der Waals surface area contributed by atoms with Crippen LogP contribution >= 0.6 is 0 Å². The van der Waals surface area contributed by atoms with Gasteiger partial charge in [0, 0.05) is 20.0 Å². The number of ether oxygens (including phenoxy) is 1. The van der Waals surface area contributed by atoms with Crippen molar-refractivity contribution in [2.75, 3.05) is 13.6 Å². The maximum absolute atomic E-state index is 13.6. The third kappa shape index (κ3) is 2.49. The monoisotopic (exact) mass is 271 g/mol. The number of carbonyl (C=O) groups excluding carboxylic acids is 1. The lowest BCUT2D eigenvalue weighted by Gasteiger charge is -2.14. The first-order valence-electron chi connectivity index (χ1n) is 5.54. The number of carbonyl (C=O) groups is 2. The molecule has 1 atom stereocenters. The van der Waals surface area contributed by atoms with Crippen molar-refractivity contribution in [1.82, 2.24) is 4.90 Å². The summed E-state index contributed by atoms with van der Waals surface area (Å²) in [5.41, 5.74) is -0.516. The summed E-state index contributed by atoms with van der Waals surface area (Å²) in [5, 5.41) is 8.65. The molecular formula is C12H11F2NO4. The molecule has 0 bridgehead atoms. The van der Waals surface area contributed by atoms with Crippen LogP contribution in [0, 0.1) is 11.6 Å². The number of aromatic carboxylic acids is 1. The second-order valence-electron chi connectivity index (χ2n) is 4.23. The van der Waals surface area contributed by atoms with E-state index in [9.17, 15) is 18.4 Å². The first-order valence-corrected chi connectivity index (χ1v) is 5.54. The minimum atomic E-state index is -1.44. The fourth-order valence-electron chi connectivity index (χ4n) is 1.84. The van der Waals surface area contributed by atoms with Gasteiger partial charge in [-0.2, -0.15) is 0 Å². The number of nitrogens with zero attached hydrogens (tertiary/aromatic N) is 1. The number of carboxylic acid groups (broad SMARTS) is 1. The summed E-state index contributed by atoms with van der Waals surface area (Å²) < 4.78 is 32.2. The van der Waals surface area contributed by atoms with Crippen LogP contribution in [-0.2, 0) is 4.79 Å². The van der Waals surface area contributed by atoms with Gasteiger partial charge in [0.1, 0.15) is 0 Å². The predicted molar refractivity (Wildman–Crippen MR) is 60.0 cm³/mol. The summed E-state index contributed by atoms with van der Waals surface area (Å²) in [6.45, 7) is 0.444. The van der Waals surface area contributed by atoms with Gasteiger partial charge in [-0.15, -0.1) is 0 Å². The van der Waals surface area contributed by atoms with Crippen molar-refractivity contribution in [2.24, 2.45) is 0 Å². The molecule has 19 heavy (non-hydrogen) atoms. The highest BCUT2D eigenvalue weighted by atomic mass is 19.1. The summed E-state index contributed by atoms with van der Waals surface area (Å²) in [6.07, 6.45) is -0.612. The van der Waals surface area contributed by atoms with E-state index in [2.05, 4.69) is 0 Å². The minimum Gasteiger partial charge on any atom is -0.478 e. The van der Waals surface area contributed by atoms with Crippen LogP contribution in [0.25, 0.3) is 0 Å². The molecule has 1 saturated heterocycles. The Morgan fingerprint density at radius 3 is 2.42 bits per heavy atom. The van der Waals surface area contributed by atoms with Crippen molar-refractivity contribution in [2.45, 2.75) is 12.5 Å². The Labute approximate surface area is 107 Å². The lowest BCUT2D eigenvalue weighted by molar-refractivity contribution is -0.132. The fraction of sp³-hybridized carbons (Fsp3) is 0.333. The predicted octanol–water partition coefficient (Wildman–Crippen LogP) is 1.27. The highest BCUT2D eigenvalue weighted by Crippen LogP contribution is 2.26. The maximum atomic E-state index is 13.6. The Hall–Kier alpha value is -2.18. The molecule has 2 rings (SSSR count). The molecule has 1 aromatic carbocycles. The molecule has 1 aromatic rings. The van der Waals surface area contributed by atoms with Gasteiger partial charge in [-0.3, -0.25) is 4.79 Å². The van der Waals surface area contributed by atoms with Crippen molar-refractivity contribution in [1.29, 1.82) is 0 Å². The number of likely N-dealkylation sites (N-methyl/N-ethyl adjacent to an activating group) is 1. The van der Waals surface area contributed by atoms with Crippen LogP contribution in [0.15, 0.2) is 12.1 Å². The molecule has 0 aliphatic carbocycles. The number of hydrogen-bond donors (Lipinski definition) is 1. The summed E-state index contributed by atoms with van der Waals surface area (Å²) >= 11 is 0. The fourth-order valence-corrected chi connectivity index (χ4v) is 1.84. The Bertz CT molecular complexity index is 524. The second kappa shape index (κ2) is 4.83. The molecule has 7 heteroatoms. The van der Waals surface area contributed by atoms with Gasteiger partial charge in [-0.1, -0.05) is 0 Å². The van der Waals surface area contributed by atoms with E-state index < -0.39 is 35.0 Å². The van der Waals surface area contributed by atoms with Crippen molar-refractivity contribution in [3.05, 3.63) is 29.3 Å². The largest absolute Gasteiger partial charge is 0.478 e. The third-order valence-electron chi connectivity index (χ3n) is 2.88. The molecule has 1 unspecified atom stereocenters. The quantitative estimate of drug-likeness (QED) is 0.899. The highest BCUT2D eigenvalue weighted by Gasteiger charge is 2.32. The number of hydrogen-bond acceptors (Lipinski definition) is 3. The van der Waals surface area contributed by atoms with Crippen LogP contribution in [0.1, 0.15) is 16.8 Å². The number of likely N-dealkylation sites (tertiary alicyclic amines) is 1. The summed E-state index contributed by atoms with van der Waals surface area (Å²) in [5.74, 6) is -4.81. The zero-order valence-corrected chi connectivity index (χ0v) is 10.0. The van der Waals surface area contributed by atoms with Gasteiger partial charge in [-0.05, 0) is 12.1 Å². The van der Waals surface area contributed by atoms with E-state index in [1.165, 1.54) is 4.90 Å². The number of amides is 1. The number of carboxylic acids is 1. The molecule has 0 spiro atoms. The van der Waals surface area contributed by atoms with Crippen LogP contribution in [-0.4, -0.2) is 41.6 Å². The van der Waals surface area contributed by atoms with Crippen LogP contribution in [0.2, 0.25) is 0 Å². The third-order valence-corrected chi connectivity index (χ3v) is 2.88. The van der Waals surface area contributed by atoms with Crippen LogP contribution in [0.5, 0.6) is 5.75 Å². The van der Waals surface area contributed by atoms with Crippen LogP contribution in [0.4, 0.5) is 8.78 Å². The minimum absolute atomic E-state index is 0.328. The molecule has 0 saturated carbocycles. The first kappa shape index (κ1) is 13.3. The highest BCUT2D eigenvalue weighted by molar-refractivity contribution is 5.88. The summed E-state index contributed by atoms with van der Waals surface area (Å²) in [4.78, 5) is 23.6. The lowest BCUT2D eigenvalue weighted by atomic mass is 10.2. The summed E-state index contributed by atoms with van der Waals surface area (Å²) in [7, 11) is 1.56. The Morgan fingerprint density at radius 2 is 2.00 bits per heavy atom. The van der Waals surface area contributed by atoms with Crippen molar-refractivity contribution >= 4 is 11.9 Å². The van der Waals surface area contributed by atoms with E-state index in [0.29, 0.717) is 25.1 Å². The molecule has 0 radical (unpaired) electrons. The van der Waals surface area contributed by atoms with Crippen LogP contribution < -0.4 is 4.74 Å². The molecule has 102 valence electrons. The van der Waals surface area contributed by atoms with E-state index in [1.54, 1.807) is 7.05 Å². The van der Waals surface area contributed by atoms with E-state index in [1.807, 2.05) is 0 Å². The molecule has 1 aliphatic rings. The van der Waals surface area contributed by atoms with Gasteiger partial charge >= 0.3 is 5.97 Å². The molecule has 0 aromatic heterocycles. The Balaban J connectivity index is 2.26. The zero-order valence-electron chi connectivity index (χ0n) is 10.0. The molecular weight excluding hydrogens is 260 g/mol. The van der Waals surface area contributed by atoms with Gasteiger partial charge in [0.05, 0.1) is 5.56 Å². The van der Waals surface area contributed by atoms with Gasteiger partial charge in [-0.25, -0.2) is 13.6 Å². The van der Waals surface area contributed by atoms with E-state index in [4.69, 9.17) is 9.84 Å². The molecule has 1 heterocycles. The van der Waals surface area contributed by atoms with Crippen molar-refractivity contribution in [3.63, 3.8) is 0 Å². The van der Waals surface area contributed by atoms with Crippen molar-refractivity contribution < 1.29 is 28.2 Å². The molecule has 1 N–H and O–H groups in total. The maximum Gasteiger partial charge on any atom is 0.335 e. The Kier molecular flexibility index (Phi) is 3.37. The SMILES string of the molecule is CN1CCC(Oc2c(F)cc(C(=O)O)cc2F)C1=O. The first-order chi connectivity index (χ1) is 8.90. The average molecular weight is 271 g/mol. The molecule has 1 aliphatic heterocycles. The number of rotatable bonds is 3. The van der Waals surface area contributed by atoms with Gasteiger partial charge in [0.2, 0.25) is 0 Å². The normalized spacial score (nSPS) is 18.8. The average Bonchev–Trinajstić information content (AvgIpc) is 2.65. The molecule has 5 nitrogen and oxygen atoms in total. The lowest BCUT2D eigenvalue weighted by Crippen LogP contribution is -2.30. The van der Waals surface area contributed by atoms with Crippen LogP contribution in [0.3, 0.4) is 0 Å². The van der Waals surface area contributed by atoms with E-state index >= 15 is 0 Å². The standard InChI is InChI=1S/C12H11F2NO4/c1-15-3-2-9(11(15)16)19-10-7(13)4-6(12(17)18)5-8(10)14/h4-5,9H,2-3H2,1H3,(H,17,18). The number of halogens is 2. The second-order valence-corrected chi connectivity index (χ2v) is 4.23. The van der Waals surface area contributed by atoms with Gasteiger partial charge < -0.3 is 14.7 Å². The molecule has 1 amide bonds. The van der Waals surface area contributed by atoms with E-state index in [0.717, 1.165) is 0 Å².